The molecule has 1 atom stereocenters. The summed E-state index contributed by atoms with van der Waals surface area (Å²) in [5, 5.41) is 11.0. The van der Waals surface area contributed by atoms with Gasteiger partial charge in [-0.2, -0.15) is 0 Å². The third-order valence-electron chi connectivity index (χ3n) is 5.03. The number of carbonyl (C=O) groups excluding carboxylic acids is 2. The Morgan fingerprint density at radius 1 is 0.933 bits per heavy atom. The highest BCUT2D eigenvalue weighted by Gasteiger charge is 2.47. The second kappa shape index (κ2) is 7.83. The van der Waals surface area contributed by atoms with Crippen LogP contribution in [-0.4, -0.2) is 23.9 Å². The van der Waals surface area contributed by atoms with Crippen molar-refractivity contribution in [3.05, 3.63) is 101 Å². The zero-order chi connectivity index (χ0) is 21.3. The fourth-order valence-electron chi connectivity index (χ4n) is 3.64. The summed E-state index contributed by atoms with van der Waals surface area (Å²) >= 11 is 0. The number of aliphatic hydroxyl groups excluding tert-OH is 1. The Morgan fingerprint density at radius 3 is 2.23 bits per heavy atom. The third kappa shape index (κ3) is 3.22. The number of ketones is 1. The number of amides is 1. The van der Waals surface area contributed by atoms with E-state index < -0.39 is 23.5 Å². The molecule has 0 aliphatic carbocycles. The Hall–Kier alpha value is -3.93. The number of carbonyl (C=O) groups is 2. The number of para-hydroxylation sites is 2. The molecule has 0 saturated carbocycles. The molecule has 3 aromatic rings. The maximum absolute atomic E-state index is 13.3. The third-order valence-corrected chi connectivity index (χ3v) is 5.03. The van der Waals surface area contributed by atoms with Crippen LogP contribution in [0.25, 0.3) is 5.76 Å². The molecular weight excluding hydrogens is 385 g/mol. The SMILES string of the molecule is COc1ccccc1C1/C(=C(\O)c2ccc(F)cc2)C(=O)C(=O)N1c1ccccc1. The molecule has 1 amide bonds. The molecule has 3 aromatic carbocycles. The van der Waals surface area contributed by atoms with Gasteiger partial charge in [-0.3, -0.25) is 14.5 Å². The number of nitrogens with zero attached hydrogens (tertiary/aromatic N) is 1. The van der Waals surface area contributed by atoms with Crippen LogP contribution in [0.15, 0.2) is 84.4 Å². The van der Waals surface area contributed by atoms with E-state index in [1.165, 1.54) is 36.3 Å². The predicted molar refractivity (Wildman–Crippen MR) is 111 cm³/mol. The van der Waals surface area contributed by atoms with Gasteiger partial charge in [-0.25, -0.2) is 4.39 Å². The first-order chi connectivity index (χ1) is 14.5. The highest BCUT2D eigenvalue weighted by Crippen LogP contribution is 2.44. The summed E-state index contributed by atoms with van der Waals surface area (Å²) in [6, 6.07) is 19.9. The number of hydrogen-bond donors (Lipinski definition) is 1. The number of benzene rings is 3. The minimum atomic E-state index is -0.909. The van der Waals surface area contributed by atoms with E-state index in [-0.39, 0.29) is 16.9 Å². The Labute approximate surface area is 172 Å². The summed E-state index contributed by atoms with van der Waals surface area (Å²) in [6.45, 7) is 0. The molecule has 1 aliphatic rings. The molecule has 0 spiro atoms. The lowest BCUT2D eigenvalue weighted by Crippen LogP contribution is -2.29. The van der Waals surface area contributed by atoms with Gasteiger partial charge in [-0.05, 0) is 42.5 Å². The zero-order valence-electron chi connectivity index (χ0n) is 16.1. The molecule has 4 rings (SSSR count). The zero-order valence-corrected chi connectivity index (χ0v) is 16.1. The van der Waals surface area contributed by atoms with Gasteiger partial charge in [0, 0.05) is 16.8 Å². The van der Waals surface area contributed by atoms with Gasteiger partial charge < -0.3 is 9.84 Å². The van der Waals surface area contributed by atoms with Gasteiger partial charge in [0.25, 0.3) is 11.7 Å². The average Bonchev–Trinajstić information content (AvgIpc) is 3.04. The van der Waals surface area contributed by atoms with E-state index >= 15 is 0 Å². The number of anilines is 1. The van der Waals surface area contributed by atoms with E-state index in [4.69, 9.17) is 4.74 Å². The van der Waals surface area contributed by atoms with Crippen molar-refractivity contribution in [2.75, 3.05) is 12.0 Å². The van der Waals surface area contributed by atoms with Gasteiger partial charge in [0.05, 0.1) is 18.7 Å². The number of methoxy groups -OCH3 is 1. The number of hydrogen-bond acceptors (Lipinski definition) is 4. The van der Waals surface area contributed by atoms with Crippen molar-refractivity contribution in [1.29, 1.82) is 0 Å². The molecule has 0 aromatic heterocycles. The molecule has 1 fully saturated rings. The van der Waals surface area contributed by atoms with Crippen LogP contribution < -0.4 is 9.64 Å². The number of ether oxygens (including phenoxy) is 1. The number of rotatable bonds is 4. The number of Topliss-reactive ketones (excluding diaryl/α,β-unsaturated/α-hetero) is 1. The lowest BCUT2D eigenvalue weighted by molar-refractivity contribution is -0.132. The normalized spacial score (nSPS) is 17.9. The largest absolute Gasteiger partial charge is 0.507 e. The molecule has 1 saturated heterocycles. The van der Waals surface area contributed by atoms with Crippen LogP contribution in [0.5, 0.6) is 5.75 Å². The second-order valence-corrected chi connectivity index (χ2v) is 6.75. The van der Waals surface area contributed by atoms with Gasteiger partial charge in [-0.15, -0.1) is 0 Å². The summed E-state index contributed by atoms with van der Waals surface area (Å²) < 4.78 is 18.8. The standard InChI is InChI=1S/C24H18FNO4/c1-30-19-10-6-5-9-18(19)21-20(22(27)15-11-13-16(25)14-12-15)23(28)24(29)26(21)17-7-3-2-4-8-17/h2-14,21,27H,1H3/b22-20+. The van der Waals surface area contributed by atoms with Crippen LogP contribution in [0.3, 0.4) is 0 Å². The first-order valence-electron chi connectivity index (χ1n) is 9.28. The lowest BCUT2D eigenvalue weighted by Gasteiger charge is -2.26. The van der Waals surface area contributed by atoms with E-state index in [2.05, 4.69) is 0 Å². The molecule has 6 heteroatoms. The van der Waals surface area contributed by atoms with Gasteiger partial charge in [0.15, 0.2) is 0 Å². The van der Waals surface area contributed by atoms with Crippen molar-refractivity contribution in [1.82, 2.24) is 0 Å². The first kappa shape index (κ1) is 19.4. The van der Waals surface area contributed by atoms with Gasteiger partial charge in [0.1, 0.15) is 17.3 Å². The smallest absolute Gasteiger partial charge is 0.300 e. The Kier molecular flexibility index (Phi) is 5.06. The quantitative estimate of drug-likeness (QED) is 0.397. The first-order valence-corrected chi connectivity index (χ1v) is 9.28. The highest BCUT2D eigenvalue weighted by molar-refractivity contribution is 6.51. The van der Waals surface area contributed by atoms with Crippen molar-refractivity contribution < 1.29 is 23.8 Å². The van der Waals surface area contributed by atoms with Crippen LogP contribution in [0, 0.1) is 5.82 Å². The van der Waals surface area contributed by atoms with Crippen LogP contribution in [0.2, 0.25) is 0 Å². The highest BCUT2D eigenvalue weighted by atomic mass is 19.1. The molecule has 1 unspecified atom stereocenters. The molecular formula is C24H18FNO4. The summed E-state index contributed by atoms with van der Waals surface area (Å²) in [5.41, 5.74) is 1.21. The molecule has 1 N–H and O–H groups in total. The van der Waals surface area contributed by atoms with E-state index in [9.17, 15) is 19.1 Å². The predicted octanol–water partition coefficient (Wildman–Crippen LogP) is 4.46. The van der Waals surface area contributed by atoms with Crippen molar-refractivity contribution in [3.8, 4) is 5.75 Å². The van der Waals surface area contributed by atoms with Crippen LogP contribution in [0.1, 0.15) is 17.2 Å². The molecule has 0 radical (unpaired) electrons. The Balaban J connectivity index is 1.98. The van der Waals surface area contributed by atoms with Crippen molar-refractivity contribution in [2.45, 2.75) is 6.04 Å². The minimum absolute atomic E-state index is 0.0834. The summed E-state index contributed by atoms with van der Waals surface area (Å²) in [6.07, 6.45) is 0. The maximum Gasteiger partial charge on any atom is 0.300 e. The van der Waals surface area contributed by atoms with E-state index in [0.29, 0.717) is 17.0 Å². The fourth-order valence-corrected chi connectivity index (χ4v) is 3.64. The van der Waals surface area contributed by atoms with Gasteiger partial charge >= 0.3 is 0 Å². The number of halogens is 1. The van der Waals surface area contributed by atoms with Crippen LogP contribution in [0.4, 0.5) is 10.1 Å². The molecule has 150 valence electrons. The van der Waals surface area contributed by atoms with E-state index in [0.717, 1.165) is 0 Å². The average molecular weight is 403 g/mol. The summed E-state index contributed by atoms with van der Waals surface area (Å²) in [4.78, 5) is 27.4. The number of aliphatic hydroxyl groups is 1. The Morgan fingerprint density at radius 2 is 1.57 bits per heavy atom. The molecule has 0 bridgehead atoms. The van der Waals surface area contributed by atoms with Crippen LogP contribution >= 0.6 is 0 Å². The summed E-state index contributed by atoms with van der Waals surface area (Å²) in [7, 11) is 1.49. The summed E-state index contributed by atoms with van der Waals surface area (Å²) in [5.74, 6) is -1.96. The van der Waals surface area contributed by atoms with Crippen molar-refractivity contribution in [3.63, 3.8) is 0 Å². The minimum Gasteiger partial charge on any atom is -0.507 e. The van der Waals surface area contributed by atoms with Gasteiger partial charge in [0.2, 0.25) is 0 Å². The van der Waals surface area contributed by atoms with Gasteiger partial charge in [-0.1, -0.05) is 36.4 Å². The molecule has 5 nitrogen and oxygen atoms in total. The Bertz CT molecular complexity index is 1140. The topological polar surface area (TPSA) is 66.8 Å². The maximum atomic E-state index is 13.3. The molecule has 1 heterocycles. The van der Waals surface area contributed by atoms with Crippen molar-refractivity contribution in [2.24, 2.45) is 0 Å². The monoisotopic (exact) mass is 403 g/mol. The lowest BCUT2D eigenvalue weighted by atomic mass is 9.94. The van der Waals surface area contributed by atoms with Crippen LogP contribution in [-0.2, 0) is 9.59 Å². The molecule has 30 heavy (non-hydrogen) atoms. The van der Waals surface area contributed by atoms with E-state index in [1.54, 1.807) is 54.6 Å². The van der Waals surface area contributed by atoms with Crippen molar-refractivity contribution >= 4 is 23.1 Å². The molecule has 1 aliphatic heterocycles. The fraction of sp³-hybridized carbons (Fsp3) is 0.0833. The van der Waals surface area contributed by atoms with E-state index in [1.807, 2.05) is 0 Å². The second-order valence-electron chi connectivity index (χ2n) is 6.75.